The molecule has 0 aromatic heterocycles. The van der Waals surface area contributed by atoms with Crippen molar-refractivity contribution in [2.75, 3.05) is 18.7 Å². The van der Waals surface area contributed by atoms with Gasteiger partial charge >= 0.3 is 0 Å². The van der Waals surface area contributed by atoms with E-state index in [0.717, 1.165) is 22.6 Å². The molecule has 0 unspecified atom stereocenters. The van der Waals surface area contributed by atoms with Crippen molar-refractivity contribution in [1.82, 2.24) is 0 Å². The smallest absolute Gasteiger partial charge is 0.123 e. The first-order valence-electron chi connectivity index (χ1n) is 6.95. The summed E-state index contributed by atoms with van der Waals surface area (Å²) in [6, 6.07) is 11.8. The lowest BCUT2D eigenvalue weighted by Gasteiger charge is -2.13. The molecule has 1 atom stereocenters. The molecule has 2 rings (SSSR count). The lowest BCUT2D eigenvalue weighted by Crippen LogP contribution is -2.03. The fourth-order valence-corrected chi connectivity index (χ4v) is 3.20. The van der Waals surface area contributed by atoms with Crippen molar-refractivity contribution in [2.45, 2.75) is 19.2 Å². The molecule has 0 saturated heterocycles. The van der Waals surface area contributed by atoms with Crippen LogP contribution in [0.25, 0.3) is 0 Å². The molecule has 0 saturated carbocycles. The second-order valence-electron chi connectivity index (χ2n) is 5.19. The van der Waals surface area contributed by atoms with E-state index in [9.17, 15) is 4.21 Å². The zero-order valence-corrected chi connectivity index (χ0v) is 14.6. The number of hydrogen-bond acceptors (Lipinski definition) is 3. The van der Waals surface area contributed by atoms with Gasteiger partial charge in [-0.2, -0.15) is 0 Å². The second kappa shape index (κ2) is 7.65. The van der Waals surface area contributed by atoms with Crippen LogP contribution in [0.15, 0.2) is 36.4 Å². The van der Waals surface area contributed by atoms with Gasteiger partial charge in [-0.05, 0) is 36.8 Å². The number of anilines is 1. The van der Waals surface area contributed by atoms with E-state index < -0.39 is 10.8 Å². The van der Waals surface area contributed by atoms with E-state index in [1.165, 1.54) is 5.56 Å². The minimum absolute atomic E-state index is 0.460. The van der Waals surface area contributed by atoms with Gasteiger partial charge in [0.2, 0.25) is 0 Å². The van der Waals surface area contributed by atoms with E-state index >= 15 is 0 Å². The van der Waals surface area contributed by atoms with E-state index in [4.69, 9.17) is 16.3 Å². The second-order valence-corrected chi connectivity index (χ2v) is 7.03. The third kappa shape index (κ3) is 4.49. The van der Waals surface area contributed by atoms with Crippen molar-refractivity contribution in [1.29, 1.82) is 0 Å². The Morgan fingerprint density at radius 2 is 1.95 bits per heavy atom. The normalized spacial score (nSPS) is 12.0. The van der Waals surface area contributed by atoms with Crippen LogP contribution in [0.2, 0.25) is 5.02 Å². The summed E-state index contributed by atoms with van der Waals surface area (Å²) in [4.78, 5) is 0. The first-order valence-corrected chi connectivity index (χ1v) is 9.06. The van der Waals surface area contributed by atoms with E-state index in [1.807, 2.05) is 30.3 Å². The molecule has 2 aromatic rings. The summed E-state index contributed by atoms with van der Waals surface area (Å²) in [6.45, 7) is 2.71. The topological polar surface area (TPSA) is 38.3 Å². The van der Waals surface area contributed by atoms with Crippen LogP contribution in [0.1, 0.15) is 16.7 Å². The van der Waals surface area contributed by atoms with Crippen LogP contribution in [0, 0.1) is 6.92 Å². The maximum Gasteiger partial charge on any atom is 0.123 e. The average molecular weight is 338 g/mol. The maximum atomic E-state index is 11.4. The molecule has 3 nitrogen and oxygen atoms in total. The van der Waals surface area contributed by atoms with Gasteiger partial charge in [0.15, 0.2) is 0 Å². The van der Waals surface area contributed by atoms with Gasteiger partial charge in [0.1, 0.15) is 5.75 Å². The zero-order valence-electron chi connectivity index (χ0n) is 13.0. The molecule has 5 heteroatoms. The first kappa shape index (κ1) is 16.8. The average Bonchev–Trinajstić information content (AvgIpc) is 2.47. The zero-order chi connectivity index (χ0) is 16.1. The lowest BCUT2D eigenvalue weighted by atomic mass is 10.1. The Hall–Kier alpha value is -1.52. The molecule has 0 spiro atoms. The quantitative estimate of drug-likeness (QED) is 0.860. The summed E-state index contributed by atoms with van der Waals surface area (Å²) in [7, 11) is 0.756. The molecule has 0 aliphatic heterocycles. The van der Waals surface area contributed by atoms with Gasteiger partial charge in [-0.15, -0.1) is 0 Å². The van der Waals surface area contributed by atoms with Gasteiger partial charge in [0.25, 0.3) is 0 Å². The van der Waals surface area contributed by atoms with Crippen LogP contribution in [-0.2, 0) is 23.1 Å². The van der Waals surface area contributed by atoms with Gasteiger partial charge in [0, 0.05) is 45.6 Å². The highest BCUT2D eigenvalue weighted by Gasteiger charge is 2.06. The Bertz CT molecular complexity index is 688. The summed E-state index contributed by atoms with van der Waals surface area (Å²) in [5.41, 5.74) is 4.13. The number of nitrogens with one attached hydrogen (secondary N) is 1. The summed E-state index contributed by atoms with van der Waals surface area (Å²) < 4.78 is 16.8. The summed E-state index contributed by atoms with van der Waals surface area (Å²) in [5.74, 6) is 1.32. The highest BCUT2D eigenvalue weighted by atomic mass is 35.5. The van der Waals surface area contributed by atoms with Crippen LogP contribution in [0.4, 0.5) is 5.69 Å². The number of rotatable bonds is 6. The van der Waals surface area contributed by atoms with Crippen molar-refractivity contribution in [3.05, 3.63) is 58.1 Å². The van der Waals surface area contributed by atoms with Gasteiger partial charge in [-0.3, -0.25) is 4.21 Å². The number of ether oxygens (including phenoxy) is 1. The Balaban J connectivity index is 2.15. The predicted octanol–water partition coefficient (Wildman–Crippen LogP) is 4.15. The molecule has 22 heavy (non-hydrogen) atoms. The van der Waals surface area contributed by atoms with E-state index in [0.29, 0.717) is 17.3 Å². The Labute approximate surface area is 139 Å². The fourth-order valence-electron chi connectivity index (χ4n) is 2.26. The van der Waals surface area contributed by atoms with Crippen LogP contribution in [0.3, 0.4) is 0 Å². The molecule has 118 valence electrons. The van der Waals surface area contributed by atoms with Crippen molar-refractivity contribution in [2.24, 2.45) is 0 Å². The van der Waals surface area contributed by atoms with Crippen molar-refractivity contribution in [3.63, 3.8) is 0 Å². The summed E-state index contributed by atoms with van der Waals surface area (Å²) in [6.07, 6.45) is 1.67. The molecule has 1 N–H and O–H groups in total. The molecule has 0 fully saturated rings. The highest BCUT2D eigenvalue weighted by Crippen LogP contribution is 2.24. The standard InChI is InChI=1S/C17H20ClNO2S/c1-12-4-7-17(21-2)13(8-12)10-19-15-5-6-16(18)14(9-15)11-22(3)20/h4-9,19H,10-11H2,1-3H3/t22-/m0/s1. The van der Waals surface area contributed by atoms with Gasteiger partial charge < -0.3 is 10.1 Å². The third-order valence-electron chi connectivity index (χ3n) is 3.32. The largest absolute Gasteiger partial charge is 0.496 e. The number of benzene rings is 2. The van der Waals surface area contributed by atoms with E-state index in [-0.39, 0.29) is 0 Å². The van der Waals surface area contributed by atoms with Crippen LogP contribution < -0.4 is 10.1 Å². The summed E-state index contributed by atoms with van der Waals surface area (Å²) in [5, 5.41) is 4.01. The van der Waals surface area contributed by atoms with Gasteiger partial charge in [0.05, 0.1) is 7.11 Å². The lowest BCUT2D eigenvalue weighted by molar-refractivity contribution is 0.410. The Morgan fingerprint density at radius 1 is 1.18 bits per heavy atom. The minimum atomic E-state index is -0.915. The van der Waals surface area contributed by atoms with Crippen LogP contribution in [-0.4, -0.2) is 17.6 Å². The van der Waals surface area contributed by atoms with Crippen LogP contribution >= 0.6 is 11.6 Å². The monoisotopic (exact) mass is 337 g/mol. The van der Waals surface area contributed by atoms with Gasteiger partial charge in [-0.1, -0.05) is 29.3 Å². The molecule has 0 heterocycles. The van der Waals surface area contributed by atoms with Crippen molar-refractivity contribution < 1.29 is 8.95 Å². The van der Waals surface area contributed by atoms with Gasteiger partial charge in [-0.25, -0.2) is 0 Å². The summed E-state index contributed by atoms with van der Waals surface area (Å²) >= 11 is 6.14. The molecule has 0 aliphatic rings. The molecule has 0 bridgehead atoms. The predicted molar refractivity (Wildman–Crippen MR) is 94.3 cm³/mol. The Kier molecular flexibility index (Phi) is 5.86. The molecule has 0 amide bonds. The third-order valence-corrected chi connectivity index (χ3v) is 4.41. The molecular weight excluding hydrogens is 318 g/mol. The van der Waals surface area contributed by atoms with Crippen molar-refractivity contribution >= 4 is 28.1 Å². The Morgan fingerprint density at radius 3 is 2.64 bits per heavy atom. The molecule has 0 radical (unpaired) electrons. The minimum Gasteiger partial charge on any atom is -0.496 e. The van der Waals surface area contributed by atoms with Crippen LogP contribution in [0.5, 0.6) is 5.75 Å². The van der Waals surface area contributed by atoms with Crippen molar-refractivity contribution in [3.8, 4) is 5.75 Å². The van der Waals surface area contributed by atoms with E-state index in [1.54, 1.807) is 13.4 Å². The maximum absolute atomic E-state index is 11.4. The number of halogens is 1. The molecule has 0 aliphatic carbocycles. The van der Waals surface area contributed by atoms with E-state index in [2.05, 4.69) is 18.3 Å². The fraction of sp³-hybridized carbons (Fsp3) is 0.294. The molecule has 2 aromatic carbocycles. The molecular formula is C17H20ClNO2S. The highest BCUT2D eigenvalue weighted by molar-refractivity contribution is 7.83. The number of aryl methyl sites for hydroxylation is 1. The SMILES string of the molecule is COc1ccc(C)cc1CNc1ccc(Cl)c(C[S@](C)=O)c1. The first-order chi connectivity index (χ1) is 10.5. The number of methoxy groups -OCH3 is 1. The number of hydrogen-bond donors (Lipinski definition) is 1.